The first kappa shape index (κ1) is 22.6. The number of carboxylic acid groups (broad SMARTS) is 1. The topological polar surface area (TPSA) is 123 Å². The number of H-pyrrole nitrogens is 1. The van der Waals surface area contributed by atoms with E-state index >= 15 is 0 Å². The number of aliphatic carboxylic acids is 1. The molecular weight excluding hydrogens is 426 g/mol. The SMILES string of the molecule is COc1ccc(C(CC2CCNCC2C(=O)O)n2c(=O)[nH]c3ccccc3c2=O)cc1OC. The van der Waals surface area contributed by atoms with Crippen LogP contribution in [0.15, 0.2) is 52.1 Å². The number of hydrogen-bond acceptors (Lipinski definition) is 6. The van der Waals surface area contributed by atoms with Crippen molar-refractivity contribution in [1.29, 1.82) is 0 Å². The van der Waals surface area contributed by atoms with Gasteiger partial charge in [-0.1, -0.05) is 18.2 Å². The fourth-order valence-electron chi connectivity index (χ4n) is 4.68. The predicted octanol–water partition coefficient (Wildman–Crippen LogP) is 2.00. The molecule has 3 aromatic rings. The van der Waals surface area contributed by atoms with Crippen LogP contribution in [0.3, 0.4) is 0 Å². The summed E-state index contributed by atoms with van der Waals surface area (Å²) in [6.07, 6.45) is 0.941. The van der Waals surface area contributed by atoms with E-state index in [0.29, 0.717) is 53.9 Å². The summed E-state index contributed by atoms with van der Waals surface area (Å²) in [6, 6.07) is 11.4. The van der Waals surface area contributed by atoms with Gasteiger partial charge in [0.05, 0.1) is 37.1 Å². The lowest BCUT2D eigenvalue weighted by Gasteiger charge is -2.32. The summed E-state index contributed by atoms with van der Waals surface area (Å²) in [4.78, 5) is 41.3. The summed E-state index contributed by atoms with van der Waals surface area (Å²) in [5, 5.41) is 13.3. The van der Waals surface area contributed by atoms with Gasteiger partial charge < -0.3 is 24.9 Å². The van der Waals surface area contributed by atoms with Gasteiger partial charge in [-0.3, -0.25) is 14.2 Å². The fourth-order valence-corrected chi connectivity index (χ4v) is 4.68. The van der Waals surface area contributed by atoms with Gasteiger partial charge in [-0.05, 0) is 55.1 Å². The van der Waals surface area contributed by atoms with E-state index in [0.717, 1.165) is 0 Å². The molecule has 3 atom stereocenters. The van der Waals surface area contributed by atoms with E-state index in [1.807, 2.05) is 0 Å². The number of ether oxygens (including phenoxy) is 2. The number of carboxylic acids is 1. The molecule has 3 N–H and O–H groups in total. The van der Waals surface area contributed by atoms with Crippen molar-refractivity contribution in [2.24, 2.45) is 11.8 Å². The highest BCUT2D eigenvalue weighted by atomic mass is 16.5. The van der Waals surface area contributed by atoms with Crippen LogP contribution in [0.1, 0.15) is 24.4 Å². The van der Waals surface area contributed by atoms with Crippen molar-refractivity contribution in [1.82, 2.24) is 14.9 Å². The highest BCUT2D eigenvalue weighted by Gasteiger charge is 2.34. The van der Waals surface area contributed by atoms with E-state index < -0.39 is 29.2 Å². The number of para-hydroxylation sites is 1. The number of rotatable bonds is 7. The van der Waals surface area contributed by atoms with Crippen molar-refractivity contribution in [2.75, 3.05) is 27.3 Å². The third-order valence-electron chi connectivity index (χ3n) is 6.41. The minimum Gasteiger partial charge on any atom is -0.493 e. The van der Waals surface area contributed by atoms with Crippen LogP contribution in [-0.2, 0) is 4.79 Å². The molecule has 4 rings (SSSR count). The molecule has 0 aliphatic carbocycles. The number of piperidine rings is 1. The summed E-state index contributed by atoms with van der Waals surface area (Å²) in [6.45, 7) is 1.03. The molecule has 2 aromatic carbocycles. The van der Waals surface area contributed by atoms with Gasteiger partial charge in [0.2, 0.25) is 0 Å². The highest BCUT2D eigenvalue weighted by molar-refractivity contribution is 5.77. The second-order valence-corrected chi connectivity index (χ2v) is 8.21. The van der Waals surface area contributed by atoms with E-state index in [1.54, 1.807) is 42.5 Å². The Kier molecular flexibility index (Phi) is 6.50. The lowest BCUT2D eigenvalue weighted by Crippen LogP contribution is -2.44. The highest BCUT2D eigenvalue weighted by Crippen LogP contribution is 2.36. The molecule has 2 heterocycles. The molecule has 33 heavy (non-hydrogen) atoms. The van der Waals surface area contributed by atoms with E-state index in [4.69, 9.17) is 9.47 Å². The van der Waals surface area contributed by atoms with Crippen LogP contribution in [-0.4, -0.2) is 47.9 Å². The summed E-state index contributed by atoms with van der Waals surface area (Å²) >= 11 is 0. The van der Waals surface area contributed by atoms with Gasteiger partial charge in [0.15, 0.2) is 11.5 Å². The van der Waals surface area contributed by atoms with Gasteiger partial charge in [-0.2, -0.15) is 0 Å². The molecule has 1 fully saturated rings. The molecule has 174 valence electrons. The normalized spacial score (nSPS) is 19.2. The predicted molar refractivity (Wildman–Crippen MR) is 123 cm³/mol. The third-order valence-corrected chi connectivity index (χ3v) is 6.41. The summed E-state index contributed by atoms with van der Waals surface area (Å²) in [7, 11) is 3.04. The zero-order chi connectivity index (χ0) is 23.5. The molecular formula is C24H27N3O6. The van der Waals surface area contributed by atoms with Crippen LogP contribution in [0.5, 0.6) is 11.5 Å². The summed E-state index contributed by atoms with van der Waals surface area (Å²) in [5.74, 6) is -0.746. The quantitative estimate of drug-likeness (QED) is 0.500. The number of hydrogen-bond donors (Lipinski definition) is 3. The zero-order valence-corrected chi connectivity index (χ0v) is 18.5. The van der Waals surface area contributed by atoms with Crippen LogP contribution >= 0.6 is 0 Å². The van der Waals surface area contributed by atoms with Crippen LogP contribution in [0, 0.1) is 11.8 Å². The van der Waals surface area contributed by atoms with Crippen molar-refractivity contribution in [3.05, 3.63) is 68.9 Å². The van der Waals surface area contributed by atoms with Crippen molar-refractivity contribution in [2.45, 2.75) is 18.9 Å². The van der Waals surface area contributed by atoms with Crippen LogP contribution in [0.25, 0.3) is 10.9 Å². The Bertz CT molecular complexity index is 1280. The van der Waals surface area contributed by atoms with Crippen molar-refractivity contribution in [3.8, 4) is 11.5 Å². The largest absolute Gasteiger partial charge is 0.493 e. The molecule has 0 spiro atoms. The number of fused-ring (bicyclic) bond motifs is 1. The zero-order valence-electron chi connectivity index (χ0n) is 18.5. The molecule has 0 radical (unpaired) electrons. The Hall–Kier alpha value is -3.59. The van der Waals surface area contributed by atoms with Gasteiger partial charge >= 0.3 is 11.7 Å². The van der Waals surface area contributed by atoms with Gasteiger partial charge in [0.1, 0.15) is 0 Å². The Morgan fingerprint density at radius 3 is 2.64 bits per heavy atom. The van der Waals surface area contributed by atoms with E-state index in [-0.39, 0.29) is 5.92 Å². The molecule has 3 unspecified atom stereocenters. The Morgan fingerprint density at radius 1 is 1.15 bits per heavy atom. The molecule has 1 aliphatic rings. The first-order valence-electron chi connectivity index (χ1n) is 10.8. The summed E-state index contributed by atoms with van der Waals surface area (Å²) < 4.78 is 12.0. The lowest BCUT2D eigenvalue weighted by atomic mass is 9.80. The monoisotopic (exact) mass is 453 g/mol. The molecule has 9 heteroatoms. The molecule has 1 aliphatic heterocycles. The molecule has 0 saturated carbocycles. The van der Waals surface area contributed by atoms with E-state index in [1.165, 1.54) is 18.8 Å². The maximum Gasteiger partial charge on any atom is 0.329 e. The maximum absolute atomic E-state index is 13.5. The summed E-state index contributed by atoms with van der Waals surface area (Å²) in [5.41, 5.74) is 0.160. The van der Waals surface area contributed by atoms with Crippen LogP contribution in [0.2, 0.25) is 0 Å². The fraction of sp³-hybridized carbons (Fsp3) is 0.375. The first-order valence-corrected chi connectivity index (χ1v) is 10.8. The second-order valence-electron chi connectivity index (χ2n) is 8.21. The van der Waals surface area contributed by atoms with Crippen LogP contribution in [0.4, 0.5) is 0 Å². The number of aromatic nitrogens is 2. The Balaban J connectivity index is 1.89. The molecule has 1 aromatic heterocycles. The number of nitrogens with zero attached hydrogens (tertiary/aromatic N) is 1. The van der Waals surface area contributed by atoms with Gasteiger partial charge in [-0.15, -0.1) is 0 Å². The maximum atomic E-state index is 13.5. The Morgan fingerprint density at radius 2 is 1.91 bits per heavy atom. The smallest absolute Gasteiger partial charge is 0.329 e. The van der Waals surface area contributed by atoms with Gasteiger partial charge in [0, 0.05) is 6.54 Å². The van der Waals surface area contributed by atoms with E-state index in [2.05, 4.69) is 10.3 Å². The van der Waals surface area contributed by atoms with Crippen molar-refractivity contribution >= 4 is 16.9 Å². The number of benzene rings is 2. The van der Waals surface area contributed by atoms with Crippen LogP contribution < -0.4 is 26.0 Å². The van der Waals surface area contributed by atoms with Gasteiger partial charge in [0.25, 0.3) is 5.56 Å². The molecule has 1 saturated heterocycles. The molecule has 0 bridgehead atoms. The standard InChI is InChI=1S/C24H27N3O6/c1-32-20-8-7-15(12-21(20)33-2)19(11-14-9-10-25-13-17(14)23(29)30)27-22(28)16-5-3-4-6-18(16)26-24(27)31/h3-8,12,14,17,19,25H,9-11,13H2,1-2H3,(H,26,31)(H,29,30). The second kappa shape index (κ2) is 9.50. The minimum atomic E-state index is -0.891. The van der Waals surface area contributed by atoms with E-state index in [9.17, 15) is 19.5 Å². The third kappa shape index (κ3) is 4.36. The first-order chi connectivity index (χ1) is 15.9. The average Bonchev–Trinajstić information content (AvgIpc) is 2.83. The average molecular weight is 453 g/mol. The number of nitrogens with one attached hydrogen (secondary N) is 2. The number of aromatic amines is 1. The van der Waals surface area contributed by atoms with Gasteiger partial charge in [-0.25, -0.2) is 4.79 Å². The number of carbonyl (C=O) groups is 1. The molecule has 0 amide bonds. The van der Waals surface area contributed by atoms with Crippen molar-refractivity contribution < 1.29 is 19.4 Å². The van der Waals surface area contributed by atoms with Crippen molar-refractivity contribution in [3.63, 3.8) is 0 Å². The Labute approximate surface area is 190 Å². The minimum absolute atomic E-state index is 0.223. The lowest BCUT2D eigenvalue weighted by molar-refractivity contribution is -0.144. The number of methoxy groups -OCH3 is 2. The molecule has 9 nitrogen and oxygen atoms in total.